The molecule has 2 aliphatic heterocycles. The molecule has 4 amide bonds. The highest BCUT2D eigenvalue weighted by molar-refractivity contribution is 6.32. The fourth-order valence-corrected chi connectivity index (χ4v) is 4.09. The van der Waals surface area contributed by atoms with Gasteiger partial charge in [0.2, 0.25) is 5.91 Å². The molecule has 2 aliphatic rings. The van der Waals surface area contributed by atoms with Crippen LogP contribution in [0.25, 0.3) is 0 Å². The number of urea groups is 1. The molecule has 8 heteroatoms. The van der Waals surface area contributed by atoms with Crippen LogP contribution in [-0.2, 0) is 21.5 Å². The number of anilines is 1. The molecule has 2 heterocycles. The minimum absolute atomic E-state index is 0.0257. The van der Waals surface area contributed by atoms with Crippen molar-refractivity contribution in [3.05, 3.63) is 64.4 Å². The molecule has 1 fully saturated rings. The summed E-state index contributed by atoms with van der Waals surface area (Å²) in [7, 11) is 0. The van der Waals surface area contributed by atoms with E-state index >= 15 is 0 Å². The molecule has 1 unspecified atom stereocenters. The summed E-state index contributed by atoms with van der Waals surface area (Å²) in [6.07, 6.45) is 0.727. The van der Waals surface area contributed by atoms with Crippen molar-refractivity contribution in [3.63, 3.8) is 0 Å². The fourth-order valence-electron chi connectivity index (χ4n) is 3.74. The maximum atomic E-state index is 13.4. The Labute approximate surface area is 165 Å². The summed E-state index contributed by atoms with van der Waals surface area (Å²) < 4.78 is 13.4. The number of hydrogen-bond acceptors (Lipinski definition) is 3. The SMILES string of the molecule is CC1(c2ccc(F)cc2Cl)NC(=O)N(CC(=O)N2CCc3ccccc32)C1=O. The van der Waals surface area contributed by atoms with Crippen molar-refractivity contribution in [3.8, 4) is 0 Å². The van der Waals surface area contributed by atoms with Gasteiger partial charge in [-0.3, -0.25) is 14.5 Å². The number of benzene rings is 2. The predicted molar refractivity (Wildman–Crippen MR) is 102 cm³/mol. The summed E-state index contributed by atoms with van der Waals surface area (Å²) in [5, 5.41) is 2.61. The van der Waals surface area contributed by atoms with E-state index in [4.69, 9.17) is 11.6 Å². The lowest BCUT2D eigenvalue weighted by molar-refractivity contribution is -0.134. The van der Waals surface area contributed by atoms with E-state index in [-0.39, 0.29) is 23.0 Å². The van der Waals surface area contributed by atoms with Crippen LogP contribution < -0.4 is 10.2 Å². The van der Waals surface area contributed by atoms with Crippen LogP contribution in [0.2, 0.25) is 5.02 Å². The van der Waals surface area contributed by atoms with Crippen LogP contribution in [0.15, 0.2) is 42.5 Å². The van der Waals surface area contributed by atoms with Gasteiger partial charge in [0.25, 0.3) is 5.91 Å². The van der Waals surface area contributed by atoms with Gasteiger partial charge in [0.1, 0.15) is 17.9 Å². The highest BCUT2D eigenvalue weighted by Crippen LogP contribution is 2.34. The van der Waals surface area contributed by atoms with E-state index in [0.29, 0.717) is 6.54 Å². The summed E-state index contributed by atoms with van der Waals surface area (Å²) in [4.78, 5) is 40.7. The van der Waals surface area contributed by atoms with E-state index in [2.05, 4.69) is 5.32 Å². The summed E-state index contributed by atoms with van der Waals surface area (Å²) >= 11 is 6.09. The Morgan fingerprint density at radius 3 is 2.75 bits per heavy atom. The average molecular weight is 402 g/mol. The van der Waals surface area contributed by atoms with E-state index in [1.165, 1.54) is 19.1 Å². The van der Waals surface area contributed by atoms with E-state index in [0.717, 1.165) is 28.6 Å². The predicted octanol–water partition coefficient (Wildman–Crippen LogP) is 2.84. The Kier molecular flexibility index (Phi) is 4.34. The molecule has 144 valence electrons. The second-order valence-electron chi connectivity index (χ2n) is 6.99. The van der Waals surface area contributed by atoms with Crippen LogP contribution in [0, 0.1) is 5.82 Å². The number of fused-ring (bicyclic) bond motifs is 1. The van der Waals surface area contributed by atoms with Gasteiger partial charge in [-0.15, -0.1) is 0 Å². The molecule has 28 heavy (non-hydrogen) atoms. The Morgan fingerprint density at radius 1 is 1.25 bits per heavy atom. The standard InChI is InChI=1S/C20H17ClFN3O3/c1-20(14-7-6-13(22)10-15(14)21)18(27)25(19(28)23-20)11-17(26)24-9-8-12-4-2-3-5-16(12)24/h2-7,10H,8-9,11H2,1H3,(H,23,28). The van der Waals surface area contributed by atoms with Crippen molar-refractivity contribution in [1.82, 2.24) is 10.2 Å². The van der Waals surface area contributed by atoms with Gasteiger partial charge in [0, 0.05) is 22.8 Å². The highest BCUT2D eigenvalue weighted by atomic mass is 35.5. The molecule has 1 N–H and O–H groups in total. The monoisotopic (exact) mass is 401 g/mol. The van der Waals surface area contributed by atoms with Gasteiger partial charge in [-0.05, 0) is 37.1 Å². The maximum absolute atomic E-state index is 13.4. The van der Waals surface area contributed by atoms with Gasteiger partial charge < -0.3 is 10.2 Å². The first kappa shape index (κ1) is 18.4. The van der Waals surface area contributed by atoms with E-state index in [9.17, 15) is 18.8 Å². The molecule has 0 saturated carbocycles. The van der Waals surface area contributed by atoms with Crippen LogP contribution in [0.3, 0.4) is 0 Å². The summed E-state index contributed by atoms with van der Waals surface area (Å²) in [5.41, 5.74) is 0.653. The number of nitrogens with zero attached hydrogens (tertiary/aromatic N) is 2. The Hall–Kier alpha value is -2.93. The van der Waals surface area contributed by atoms with Crippen LogP contribution in [0.5, 0.6) is 0 Å². The molecule has 1 saturated heterocycles. The maximum Gasteiger partial charge on any atom is 0.325 e. The zero-order valence-corrected chi connectivity index (χ0v) is 15.8. The number of hydrogen-bond donors (Lipinski definition) is 1. The lowest BCUT2D eigenvalue weighted by Gasteiger charge is -2.24. The zero-order chi connectivity index (χ0) is 20.1. The lowest BCUT2D eigenvalue weighted by atomic mass is 9.92. The van der Waals surface area contributed by atoms with E-state index in [1.54, 1.807) is 4.90 Å². The van der Waals surface area contributed by atoms with Crippen molar-refractivity contribution in [2.24, 2.45) is 0 Å². The first-order chi connectivity index (χ1) is 13.3. The normalized spacial score (nSPS) is 21.1. The van der Waals surface area contributed by atoms with Crippen molar-refractivity contribution in [2.75, 3.05) is 18.0 Å². The number of rotatable bonds is 3. The number of carbonyl (C=O) groups is 3. The third kappa shape index (κ3) is 2.82. The fraction of sp³-hybridized carbons (Fsp3) is 0.250. The number of amides is 4. The smallest absolute Gasteiger partial charge is 0.319 e. The minimum Gasteiger partial charge on any atom is -0.319 e. The van der Waals surface area contributed by atoms with Crippen molar-refractivity contribution >= 4 is 35.1 Å². The molecule has 0 bridgehead atoms. The second kappa shape index (κ2) is 6.60. The van der Waals surface area contributed by atoms with Gasteiger partial charge >= 0.3 is 6.03 Å². The summed E-state index contributed by atoms with van der Waals surface area (Å²) in [6.45, 7) is 1.61. The number of nitrogens with one attached hydrogen (secondary N) is 1. The third-order valence-electron chi connectivity index (χ3n) is 5.23. The number of carbonyl (C=O) groups excluding carboxylic acids is 3. The molecule has 0 spiro atoms. The van der Waals surface area contributed by atoms with Crippen molar-refractivity contribution in [2.45, 2.75) is 18.9 Å². The summed E-state index contributed by atoms with van der Waals surface area (Å²) in [6, 6.07) is 10.5. The molecule has 6 nitrogen and oxygen atoms in total. The molecule has 1 atom stereocenters. The largest absolute Gasteiger partial charge is 0.325 e. The zero-order valence-electron chi connectivity index (χ0n) is 15.0. The van der Waals surface area contributed by atoms with Gasteiger partial charge in [0.05, 0.1) is 0 Å². The molecular formula is C20H17ClFN3O3. The molecule has 0 radical (unpaired) electrons. The van der Waals surface area contributed by atoms with E-state index < -0.39 is 23.3 Å². The first-order valence-electron chi connectivity index (χ1n) is 8.79. The second-order valence-corrected chi connectivity index (χ2v) is 7.40. The average Bonchev–Trinajstić information content (AvgIpc) is 3.17. The molecule has 2 aromatic carbocycles. The van der Waals surface area contributed by atoms with Gasteiger partial charge in [-0.25, -0.2) is 9.18 Å². The molecular weight excluding hydrogens is 385 g/mol. The Bertz CT molecular complexity index is 1010. The van der Waals surface area contributed by atoms with E-state index in [1.807, 2.05) is 24.3 Å². The molecule has 0 aromatic heterocycles. The van der Waals surface area contributed by atoms with Gasteiger partial charge in [0.15, 0.2) is 0 Å². The van der Waals surface area contributed by atoms with Crippen LogP contribution >= 0.6 is 11.6 Å². The number of imide groups is 1. The van der Waals surface area contributed by atoms with Gasteiger partial charge in [-0.2, -0.15) is 0 Å². The Balaban J connectivity index is 1.57. The minimum atomic E-state index is -1.47. The van der Waals surface area contributed by atoms with Crippen LogP contribution in [0.1, 0.15) is 18.1 Å². The van der Waals surface area contributed by atoms with Gasteiger partial charge in [-0.1, -0.05) is 35.9 Å². The topological polar surface area (TPSA) is 69.7 Å². The van der Waals surface area contributed by atoms with Crippen LogP contribution in [-0.4, -0.2) is 35.8 Å². The third-order valence-corrected chi connectivity index (χ3v) is 5.54. The quantitative estimate of drug-likeness (QED) is 0.804. The van der Waals surface area contributed by atoms with Crippen molar-refractivity contribution in [1.29, 1.82) is 0 Å². The summed E-state index contributed by atoms with van der Waals surface area (Å²) in [5.74, 6) is -1.50. The Morgan fingerprint density at radius 2 is 2.00 bits per heavy atom. The molecule has 0 aliphatic carbocycles. The van der Waals surface area contributed by atoms with Crippen LogP contribution in [0.4, 0.5) is 14.9 Å². The molecule has 4 rings (SSSR count). The highest BCUT2D eigenvalue weighted by Gasteiger charge is 2.50. The number of halogens is 2. The first-order valence-corrected chi connectivity index (χ1v) is 9.17. The lowest BCUT2D eigenvalue weighted by Crippen LogP contribution is -2.44. The molecule has 2 aromatic rings. The number of para-hydroxylation sites is 1. The van der Waals surface area contributed by atoms with Crippen molar-refractivity contribution < 1.29 is 18.8 Å².